The number of aliphatic hydroxyl groups excluding tert-OH is 1. The van der Waals surface area contributed by atoms with Crippen molar-refractivity contribution >= 4 is 0 Å². The molecule has 19 heavy (non-hydrogen) atoms. The van der Waals surface area contributed by atoms with Crippen molar-refractivity contribution in [2.24, 2.45) is 0 Å². The molecule has 2 heteroatoms. The van der Waals surface area contributed by atoms with Gasteiger partial charge in [0.1, 0.15) is 0 Å². The van der Waals surface area contributed by atoms with Crippen LogP contribution in [0.2, 0.25) is 0 Å². The third-order valence-electron chi connectivity index (χ3n) is 3.64. The topological polar surface area (TPSA) is 29.5 Å². The van der Waals surface area contributed by atoms with E-state index in [0.29, 0.717) is 12.8 Å². The van der Waals surface area contributed by atoms with E-state index in [-0.39, 0.29) is 18.3 Å². The van der Waals surface area contributed by atoms with E-state index in [0.717, 1.165) is 11.1 Å². The van der Waals surface area contributed by atoms with Crippen LogP contribution in [0.5, 0.6) is 0 Å². The van der Waals surface area contributed by atoms with Crippen LogP contribution in [0.4, 0.5) is 0 Å². The monoisotopic (exact) mass is 254 g/mol. The molecule has 1 aliphatic heterocycles. The van der Waals surface area contributed by atoms with Gasteiger partial charge in [0.15, 0.2) is 0 Å². The van der Waals surface area contributed by atoms with Crippen LogP contribution in [-0.2, 0) is 4.74 Å². The first-order chi connectivity index (χ1) is 9.33. The van der Waals surface area contributed by atoms with Crippen LogP contribution < -0.4 is 0 Å². The molecule has 0 aromatic heterocycles. The lowest BCUT2D eigenvalue weighted by Crippen LogP contribution is -2.26. The molecule has 1 unspecified atom stereocenters. The Hall–Kier alpha value is -1.64. The van der Waals surface area contributed by atoms with Gasteiger partial charge >= 0.3 is 0 Å². The summed E-state index contributed by atoms with van der Waals surface area (Å²) in [5, 5.41) is 10.1. The zero-order chi connectivity index (χ0) is 13.1. The number of rotatable bonds is 2. The zero-order valence-electron chi connectivity index (χ0n) is 10.8. The van der Waals surface area contributed by atoms with E-state index in [9.17, 15) is 5.11 Å². The first kappa shape index (κ1) is 12.4. The molecule has 1 N–H and O–H groups in total. The molecule has 2 nitrogen and oxygen atoms in total. The van der Waals surface area contributed by atoms with Gasteiger partial charge < -0.3 is 9.84 Å². The average molecular weight is 254 g/mol. The molecule has 1 saturated heterocycles. The van der Waals surface area contributed by atoms with Gasteiger partial charge in [0.05, 0.1) is 18.3 Å². The van der Waals surface area contributed by atoms with Crippen LogP contribution in [0.1, 0.15) is 36.2 Å². The van der Waals surface area contributed by atoms with Crippen LogP contribution in [0.15, 0.2) is 60.7 Å². The normalized spacial score (nSPS) is 27.1. The predicted molar refractivity (Wildman–Crippen MR) is 74.7 cm³/mol. The van der Waals surface area contributed by atoms with Gasteiger partial charge in [-0.25, -0.2) is 0 Å². The molecule has 98 valence electrons. The van der Waals surface area contributed by atoms with Gasteiger partial charge in [-0.05, 0) is 11.1 Å². The summed E-state index contributed by atoms with van der Waals surface area (Å²) in [6, 6.07) is 20.3. The molecule has 3 atom stereocenters. The fourth-order valence-corrected chi connectivity index (χ4v) is 2.66. The second-order valence-electron chi connectivity index (χ2n) is 5.06. The molecule has 1 heterocycles. The van der Waals surface area contributed by atoms with Crippen molar-refractivity contribution in [2.45, 2.75) is 31.2 Å². The lowest BCUT2D eigenvalue weighted by Gasteiger charge is -2.33. The van der Waals surface area contributed by atoms with E-state index in [1.807, 2.05) is 36.4 Å². The Morgan fingerprint density at radius 1 is 0.737 bits per heavy atom. The number of hydrogen-bond donors (Lipinski definition) is 1. The van der Waals surface area contributed by atoms with Crippen molar-refractivity contribution in [2.75, 3.05) is 0 Å². The molecule has 1 fully saturated rings. The molecule has 0 radical (unpaired) electrons. The molecule has 2 aromatic rings. The van der Waals surface area contributed by atoms with Crippen LogP contribution in [0.25, 0.3) is 0 Å². The summed E-state index contributed by atoms with van der Waals surface area (Å²) >= 11 is 0. The quantitative estimate of drug-likeness (QED) is 0.886. The average Bonchev–Trinajstić information content (AvgIpc) is 2.48. The lowest BCUT2D eigenvalue weighted by molar-refractivity contribution is -0.0998. The lowest BCUT2D eigenvalue weighted by atomic mass is 9.93. The Labute approximate surface area is 113 Å². The largest absolute Gasteiger partial charge is 0.393 e. The minimum Gasteiger partial charge on any atom is -0.393 e. The van der Waals surface area contributed by atoms with E-state index in [4.69, 9.17) is 4.74 Å². The highest BCUT2D eigenvalue weighted by atomic mass is 16.5. The first-order valence-corrected chi connectivity index (χ1v) is 6.76. The van der Waals surface area contributed by atoms with Crippen LogP contribution >= 0.6 is 0 Å². The zero-order valence-corrected chi connectivity index (χ0v) is 10.8. The Morgan fingerprint density at radius 2 is 1.16 bits per heavy atom. The van der Waals surface area contributed by atoms with Crippen LogP contribution in [0, 0.1) is 0 Å². The molecule has 2 aromatic carbocycles. The van der Waals surface area contributed by atoms with Gasteiger partial charge in [-0.15, -0.1) is 0 Å². The van der Waals surface area contributed by atoms with Crippen molar-refractivity contribution in [3.05, 3.63) is 71.8 Å². The summed E-state index contributed by atoms with van der Waals surface area (Å²) in [7, 11) is 0. The second-order valence-corrected chi connectivity index (χ2v) is 5.06. The Bertz CT molecular complexity index is 462. The Kier molecular flexibility index (Phi) is 3.62. The SMILES string of the molecule is OC1C[C@@H](c2ccccc2)O[C@@H](c2ccccc2)C1. The fourth-order valence-electron chi connectivity index (χ4n) is 2.66. The summed E-state index contributed by atoms with van der Waals surface area (Å²) in [6.45, 7) is 0. The minimum absolute atomic E-state index is 0.0184. The van der Waals surface area contributed by atoms with Crippen molar-refractivity contribution in [3.63, 3.8) is 0 Å². The van der Waals surface area contributed by atoms with Crippen molar-refractivity contribution in [1.29, 1.82) is 0 Å². The molecule has 0 saturated carbocycles. The summed E-state index contributed by atoms with van der Waals surface area (Å²) in [4.78, 5) is 0. The van der Waals surface area contributed by atoms with E-state index in [1.54, 1.807) is 0 Å². The number of aliphatic hydroxyl groups is 1. The molecule has 0 bridgehead atoms. The first-order valence-electron chi connectivity index (χ1n) is 6.76. The second kappa shape index (κ2) is 5.55. The highest BCUT2D eigenvalue weighted by molar-refractivity contribution is 5.21. The Morgan fingerprint density at radius 3 is 1.58 bits per heavy atom. The molecular formula is C17H18O2. The third kappa shape index (κ3) is 2.86. The van der Waals surface area contributed by atoms with E-state index in [1.165, 1.54) is 0 Å². The molecule has 0 aliphatic carbocycles. The summed E-state index contributed by atoms with van der Waals surface area (Å²) in [5.74, 6) is 0. The van der Waals surface area contributed by atoms with Crippen molar-refractivity contribution in [3.8, 4) is 0 Å². The van der Waals surface area contributed by atoms with Crippen molar-refractivity contribution in [1.82, 2.24) is 0 Å². The van der Waals surface area contributed by atoms with Crippen LogP contribution in [-0.4, -0.2) is 11.2 Å². The molecule has 0 amide bonds. The standard InChI is InChI=1S/C17H18O2/c18-15-11-16(13-7-3-1-4-8-13)19-17(12-15)14-9-5-2-6-10-14/h1-10,15-18H,11-12H2/t15?,16-,17+. The predicted octanol–water partition coefficient (Wildman–Crippen LogP) is 3.64. The third-order valence-corrected chi connectivity index (χ3v) is 3.64. The molecule has 3 rings (SSSR count). The summed E-state index contributed by atoms with van der Waals surface area (Å²) in [6.07, 6.45) is 1.01. The highest BCUT2D eigenvalue weighted by Gasteiger charge is 2.29. The maximum atomic E-state index is 10.1. The van der Waals surface area contributed by atoms with Gasteiger partial charge in [0.2, 0.25) is 0 Å². The van der Waals surface area contributed by atoms with Crippen molar-refractivity contribution < 1.29 is 9.84 Å². The van der Waals surface area contributed by atoms with Gasteiger partial charge in [-0.2, -0.15) is 0 Å². The maximum absolute atomic E-state index is 10.1. The van der Waals surface area contributed by atoms with Gasteiger partial charge in [-0.1, -0.05) is 60.7 Å². The summed E-state index contributed by atoms with van der Waals surface area (Å²) in [5.41, 5.74) is 2.28. The van der Waals surface area contributed by atoms with Crippen LogP contribution in [0.3, 0.4) is 0 Å². The molecular weight excluding hydrogens is 236 g/mol. The number of hydrogen-bond acceptors (Lipinski definition) is 2. The van der Waals surface area contributed by atoms with Gasteiger partial charge in [-0.3, -0.25) is 0 Å². The van der Waals surface area contributed by atoms with E-state index >= 15 is 0 Å². The van der Waals surface area contributed by atoms with E-state index < -0.39 is 0 Å². The molecule has 0 spiro atoms. The van der Waals surface area contributed by atoms with E-state index in [2.05, 4.69) is 24.3 Å². The number of benzene rings is 2. The highest BCUT2D eigenvalue weighted by Crippen LogP contribution is 2.38. The van der Waals surface area contributed by atoms with Gasteiger partial charge in [0, 0.05) is 12.8 Å². The Balaban J connectivity index is 1.82. The van der Waals surface area contributed by atoms with Gasteiger partial charge in [0.25, 0.3) is 0 Å². The number of ether oxygens (including phenoxy) is 1. The smallest absolute Gasteiger partial charge is 0.0858 e. The maximum Gasteiger partial charge on any atom is 0.0858 e. The summed E-state index contributed by atoms with van der Waals surface area (Å²) < 4.78 is 6.17. The minimum atomic E-state index is -0.302. The fraction of sp³-hybridized carbons (Fsp3) is 0.294. The molecule has 1 aliphatic rings.